The summed E-state index contributed by atoms with van der Waals surface area (Å²) < 4.78 is 35.7. The van der Waals surface area contributed by atoms with E-state index in [9.17, 15) is 28.1 Å². The van der Waals surface area contributed by atoms with Crippen LogP contribution in [0, 0.1) is 10.1 Å². The fraction of sp³-hybridized carbons (Fsp3) is 0.222. The van der Waals surface area contributed by atoms with E-state index in [4.69, 9.17) is 11.6 Å². The first kappa shape index (κ1) is 14.2. The lowest BCUT2D eigenvalue weighted by atomic mass is 10.1. The molecule has 1 rings (SSSR count). The van der Waals surface area contributed by atoms with Gasteiger partial charge in [-0.1, -0.05) is 17.7 Å². The van der Waals surface area contributed by atoms with Crippen molar-refractivity contribution < 1.29 is 22.9 Å². The number of carbonyl (C=O) groups is 1. The number of halogens is 4. The summed E-state index contributed by atoms with van der Waals surface area (Å²) in [5, 5.41) is 11.9. The molecule has 1 amide bonds. The van der Waals surface area contributed by atoms with E-state index >= 15 is 0 Å². The van der Waals surface area contributed by atoms with Crippen LogP contribution in [0.2, 0.25) is 5.02 Å². The number of carbonyl (C=O) groups excluding carboxylic acids is 1. The quantitative estimate of drug-likeness (QED) is 0.684. The number of nitro benzene ring substituents is 1. The van der Waals surface area contributed by atoms with Crippen molar-refractivity contribution in [1.29, 1.82) is 0 Å². The van der Waals surface area contributed by atoms with Gasteiger partial charge in [-0.15, -0.1) is 0 Å². The van der Waals surface area contributed by atoms with E-state index in [-0.39, 0.29) is 5.02 Å². The zero-order valence-corrected chi connectivity index (χ0v) is 9.38. The minimum atomic E-state index is -4.59. The van der Waals surface area contributed by atoms with Gasteiger partial charge in [-0.2, -0.15) is 13.2 Å². The molecule has 0 spiro atoms. The van der Waals surface area contributed by atoms with Gasteiger partial charge in [0.1, 0.15) is 17.1 Å². The maximum absolute atomic E-state index is 11.9. The Bertz CT molecular complexity index is 490. The highest BCUT2D eigenvalue weighted by atomic mass is 35.5. The van der Waals surface area contributed by atoms with Gasteiger partial charge in [-0.3, -0.25) is 14.9 Å². The predicted molar refractivity (Wildman–Crippen MR) is 56.5 cm³/mol. The summed E-state index contributed by atoms with van der Waals surface area (Å²) in [7, 11) is 0. The van der Waals surface area contributed by atoms with E-state index in [1.165, 1.54) is 17.4 Å². The Morgan fingerprint density at radius 2 is 2.06 bits per heavy atom. The molecule has 0 unspecified atom stereocenters. The molecule has 18 heavy (non-hydrogen) atoms. The Morgan fingerprint density at radius 1 is 1.44 bits per heavy atom. The maximum Gasteiger partial charge on any atom is 0.405 e. The average Bonchev–Trinajstić information content (AvgIpc) is 2.24. The van der Waals surface area contributed by atoms with Gasteiger partial charge in [0.05, 0.1) is 4.92 Å². The van der Waals surface area contributed by atoms with Crippen molar-refractivity contribution in [3.8, 4) is 0 Å². The number of para-hydroxylation sites is 1. The molecule has 0 aliphatic carbocycles. The number of rotatable bonds is 3. The highest BCUT2D eigenvalue weighted by molar-refractivity contribution is 6.33. The van der Waals surface area contributed by atoms with Crippen molar-refractivity contribution in [2.75, 3.05) is 6.54 Å². The van der Waals surface area contributed by atoms with Crippen molar-refractivity contribution in [2.24, 2.45) is 0 Å². The van der Waals surface area contributed by atoms with Crippen molar-refractivity contribution >= 4 is 23.2 Å². The van der Waals surface area contributed by atoms with Crippen LogP contribution in [0.1, 0.15) is 10.4 Å². The van der Waals surface area contributed by atoms with E-state index < -0.39 is 34.8 Å². The van der Waals surface area contributed by atoms with Crippen LogP contribution in [0.4, 0.5) is 18.9 Å². The number of benzene rings is 1. The standard InChI is InChI=1S/C9H6ClF3N2O3/c10-6-3-1-2-5(7(6)15(17)18)8(16)14-4-9(11,12)13/h1-3H,4H2,(H,14,16). The number of hydrogen-bond donors (Lipinski definition) is 1. The van der Waals surface area contributed by atoms with E-state index in [1.54, 1.807) is 0 Å². The van der Waals surface area contributed by atoms with Crippen LogP contribution in [0.3, 0.4) is 0 Å². The van der Waals surface area contributed by atoms with Crippen LogP contribution in [0.5, 0.6) is 0 Å². The summed E-state index contributed by atoms with van der Waals surface area (Å²) in [5.74, 6) is -1.21. The van der Waals surface area contributed by atoms with Crippen molar-refractivity contribution in [1.82, 2.24) is 5.32 Å². The molecule has 1 aromatic carbocycles. The fourth-order valence-corrected chi connectivity index (χ4v) is 1.40. The van der Waals surface area contributed by atoms with Gasteiger partial charge >= 0.3 is 11.9 Å². The summed E-state index contributed by atoms with van der Waals surface area (Å²) in [5.41, 5.74) is -1.24. The number of amides is 1. The Morgan fingerprint density at radius 3 is 2.56 bits per heavy atom. The molecule has 0 saturated heterocycles. The number of nitrogens with zero attached hydrogens (tertiary/aromatic N) is 1. The number of alkyl halides is 3. The molecule has 0 atom stereocenters. The molecule has 1 N–H and O–H groups in total. The second-order valence-electron chi connectivity index (χ2n) is 3.19. The summed E-state index contributed by atoms with van der Waals surface area (Å²) in [4.78, 5) is 21.1. The highest BCUT2D eigenvalue weighted by Crippen LogP contribution is 2.28. The summed E-state index contributed by atoms with van der Waals surface area (Å²) in [6.07, 6.45) is -4.59. The van der Waals surface area contributed by atoms with Gasteiger partial charge in [0, 0.05) is 0 Å². The van der Waals surface area contributed by atoms with Gasteiger partial charge in [-0.05, 0) is 12.1 Å². The Labute approximate surface area is 104 Å². The Kier molecular flexibility index (Phi) is 4.12. The van der Waals surface area contributed by atoms with Crippen molar-refractivity contribution in [2.45, 2.75) is 6.18 Å². The lowest BCUT2D eigenvalue weighted by Crippen LogP contribution is -2.34. The third kappa shape index (κ3) is 3.59. The van der Waals surface area contributed by atoms with Gasteiger partial charge < -0.3 is 5.32 Å². The molecule has 5 nitrogen and oxygen atoms in total. The Balaban J connectivity index is 3.00. The molecule has 1 aromatic rings. The Hall–Kier alpha value is -1.83. The molecular formula is C9H6ClF3N2O3. The molecular weight excluding hydrogens is 277 g/mol. The molecule has 0 bridgehead atoms. The topological polar surface area (TPSA) is 72.2 Å². The number of nitro groups is 1. The van der Waals surface area contributed by atoms with Crippen LogP contribution in [0.15, 0.2) is 18.2 Å². The van der Waals surface area contributed by atoms with E-state index in [0.717, 1.165) is 6.07 Å². The van der Waals surface area contributed by atoms with Crippen molar-refractivity contribution in [3.63, 3.8) is 0 Å². The lowest BCUT2D eigenvalue weighted by Gasteiger charge is -2.08. The summed E-state index contributed by atoms with van der Waals surface area (Å²) >= 11 is 5.51. The van der Waals surface area contributed by atoms with Gasteiger partial charge in [0.2, 0.25) is 0 Å². The van der Waals surface area contributed by atoms with Crippen LogP contribution < -0.4 is 5.32 Å². The molecule has 0 aliphatic heterocycles. The zero-order valence-electron chi connectivity index (χ0n) is 8.62. The fourth-order valence-electron chi connectivity index (χ4n) is 1.16. The molecule has 0 aromatic heterocycles. The minimum Gasteiger partial charge on any atom is -0.343 e. The predicted octanol–water partition coefficient (Wildman–Crippen LogP) is 2.54. The van der Waals surface area contributed by atoms with Gasteiger partial charge in [0.15, 0.2) is 0 Å². The first-order chi connectivity index (χ1) is 8.22. The average molecular weight is 283 g/mol. The number of nitrogens with one attached hydrogen (secondary N) is 1. The highest BCUT2D eigenvalue weighted by Gasteiger charge is 2.30. The largest absolute Gasteiger partial charge is 0.405 e. The lowest BCUT2D eigenvalue weighted by molar-refractivity contribution is -0.385. The smallest absolute Gasteiger partial charge is 0.343 e. The third-order valence-corrected chi connectivity index (χ3v) is 2.17. The monoisotopic (exact) mass is 282 g/mol. The third-order valence-electron chi connectivity index (χ3n) is 1.86. The second-order valence-corrected chi connectivity index (χ2v) is 3.60. The van der Waals surface area contributed by atoms with E-state index in [1.807, 2.05) is 0 Å². The molecule has 0 heterocycles. The maximum atomic E-state index is 11.9. The summed E-state index contributed by atoms with van der Waals surface area (Å²) in [6.45, 7) is -1.57. The van der Waals surface area contributed by atoms with Gasteiger partial charge in [0.25, 0.3) is 5.91 Å². The first-order valence-electron chi connectivity index (χ1n) is 4.50. The zero-order chi connectivity index (χ0) is 13.9. The molecule has 0 radical (unpaired) electrons. The van der Waals surface area contributed by atoms with E-state index in [2.05, 4.69) is 0 Å². The van der Waals surface area contributed by atoms with Crippen LogP contribution >= 0.6 is 11.6 Å². The van der Waals surface area contributed by atoms with Crippen molar-refractivity contribution in [3.05, 3.63) is 38.9 Å². The molecule has 0 fully saturated rings. The molecule has 0 saturated carbocycles. The first-order valence-corrected chi connectivity index (χ1v) is 4.88. The second kappa shape index (κ2) is 5.21. The summed E-state index contributed by atoms with van der Waals surface area (Å²) in [6, 6.07) is 3.42. The van der Waals surface area contributed by atoms with Crippen LogP contribution in [-0.4, -0.2) is 23.6 Å². The number of hydrogen-bond acceptors (Lipinski definition) is 3. The van der Waals surface area contributed by atoms with Crippen LogP contribution in [-0.2, 0) is 0 Å². The molecule has 98 valence electrons. The SMILES string of the molecule is O=C(NCC(F)(F)F)c1cccc(Cl)c1[N+](=O)[O-]. The van der Waals surface area contributed by atoms with Gasteiger partial charge in [-0.25, -0.2) is 0 Å². The van der Waals surface area contributed by atoms with E-state index in [0.29, 0.717) is 0 Å². The molecule has 0 aliphatic rings. The minimum absolute atomic E-state index is 0.320. The molecule has 9 heteroatoms. The normalized spacial score (nSPS) is 11.1. The van der Waals surface area contributed by atoms with Crippen LogP contribution in [0.25, 0.3) is 0 Å².